The molecule has 1 unspecified atom stereocenters. The molecule has 1 aromatic carbocycles. The highest BCUT2D eigenvalue weighted by Crippen LogP contribution is 2.16. The zero-order valence-corrected chi connectivity index (χ0v) is 16.1. The van der Waals surface area contributed by atoms with Crippen LogP contribution in [0.25, 0.3) is 6.08 Å². The Morgan fingerprint density at radius 2 is 2.07 bits per heavy atom. The number of ether oxygens (including phenoxy) is 1. The topological polar surface area (TPSA) is 64.1 Å². The van der Waals surface area contributed by atoms with Gasteiger partial charge in [-0.3, -0.25) is 9.78 Å². The van der Waals surface area contributed by atoms with Crippen molar-refractivity contribution >= 4 is 23.3 Å². The Hall–Kier alpha value is -2.99. The van der Waals surface area contributed by atoms with Gasteiger partial charge in [0.2, 0.25) is 5.91 Å². The largest absolute Gasteiger partial charge is 0.487 e. The molecule has 0 aliphatic heterocycles. The first-order valence-corrected chi connectivity index (χ1v) is 9.51. The molecule has 1 N–H and O–H groups in total. The lowest BCUT2D eigenvalue weighted by Crippen LogP contribution is -2.25. The monoisotopic (exact) mass is 379 g/mol. The number of amides is 1. The number of benzene rings is 1. The number of carbonyl (C=O) groups excluding carboxylic acids is 1. The third-order valence-electron chi connectivity index (χ3n) is 3.85. The second kappa shape index (κ2) is 9.09. The molecule has 138 valence electrons. The van der Waals surface area contributed by atoms with Crippen LogP contribution in [0.3, 0.4) is 0 Å². The summed E-state index contributed by atoms with van der Waals surface area (Å²) in [6.45, 7) is 4.33. The summed E-state index contributed by atoms with van der Waals surface area (Å²) in [6.07, 6.45) is 5.01. The maximum Gasteiger partial charge on any atom is 0.244 e. The van der Waals surface area contributed by atoms with E-state index in [1.165, 1.54) is 6.08 Å². The highest BCUT2D eigenvalue weighted by Gasteiger charge is 2.07. The first kappa shape index (κ1) is 18.8. The van der Waals surface area contributed by atoms with E-state index >= 15 is 0 Å². The van der Waals surface area contributed by atoms with E-state index in [-0.39, 0.29) is 11.9 Å². The molecule has 0 saturated heterocycles. The number of aromatic nitrogens is 2. The number of nitrogens with zero attached hydrogens (tertiary/aromatic N) is 2. The molecule has 5 nitrogen and oxygen atoms in total. The molecule has 0 radical (unpaired) electrons. The number of carbonyl (C=O) groups is 1. The van der Waals surface area contributed by atoms with Crippen molar-refractivity contribution in [2.75, 3.05) is 0 Å². The van der Waals surface area contributed by atoms with E-state index in [0.717, 1.165) is 27.7 Å². The van der Waals surface area contributed by atoms with Crippen LogP contribution in [-0.4, -0.2) is 15.9 Å². The third-order valence-corrected chi connectivity index (χ3v) is 4.67. The van der Waals surface area contributed by atoms with Crippen LogP contribution in [0.15, 0.2) is 60.1 Å². The van der Waals surface area contributed by atoms with E-state index < -0.39 is 0 Å². The summed E-state index contributed by atoms with van der Waals surface area (Å²) in [7, 11) is 0. The van der Waals surface area contributed by atoms with Gasteiger partial charge in [-0.15, -0.1) is 11.3 Å². The summed E-state index contributed by atoms with van der Waals surface area (Å²) in [4.78, 5) is 20.7. The summed E-state index contributed by atoms with van der Waals surface area (Å²) in [5.41, 5.74) is 2.68. The van der Waals surface area contributed by atoms with Gasteiger partial charge in [0.25, 0.3) is 0 Å². The van der Waals surface area contributed by atoms with Crippen LogP contribution >= 0.6 is 11.3 Å². The lowest BCUT2D eigenvalue weighted by molar-refractivity contribution is -0.117. The van der Waals surface area contributed by atoms with Crippen LogP contribution in [0.2, 0.25) is 0 Å². The maximum atomic E-state index is 12.1. The number of nitrogens with one attached hydrogen (secondary N) is 1. The lowest BCUT2D eigenvalue weighted by atomic mass is 10.2. The van der Waals surface area contributed by atoms with Crippen LogP contribution in [0.5, 0.6) is 5.75 Å². The van der Waals surface area contributed by atoms with E-state index in [1.54, 1.807) is 23.6 Å². The fourth-order valence-electron chi connectivity index (χ4n) is 2.45. The van der Waals surface area contributed by atoms with Crippen molar-refractivity contribution in [3.63, 3.8) is 0 Å². The number of thiazole rings is 1. The summed E-state index contributed by atoms with van der Waals surface area (Å²) in [6, 6.07) is 13.1. The minimum Gasteiger partial charge on any atom is -0.487 e. The molecular weight excluding hydrogens is 358 g/mol. The first-order valence-electron chi connectivity index (χ1n) is 8.63. The van der Waals surface area contributed by atoms with E-state index in [4.69, 9.17) is 4.74 Å². The van der Waals surface area contributed by atoms with Gasteiger partial charge >= 0.3 is 0 Å². The van der Waals surface area contributed by atoms with Gasteiger partial charge in [-0.1, -0.05) is 18.2 Å². The van der Waals surface area contributed by atoms with Gasteiger partial charge in [0.1, 0.15) is 12.4 Å². The first-order chi connectivity index (χ1) is 13.1. The quantitative estimate of drug-likeness (QED) is 0.621. The molecule has 0 spiro atoms. The van der Waals surface area contributed by atoms with Crippen molar-refractivity contribution in [2.24, 2.45) is 0 Å². The molecule has 2 heterocycles. The van der Waals surface area contributed by atoms with Crippen LogP contribution in [0.1, 0.15) is 34.9 Å². The molecule has 0 aliphatic carbocycles. The van der Waals surface area contributed by atoms with E-state index in [0.29, 0.717) is 6.61 Å². The molecule has 0 bridgehead atoms. The van der Waals surface area contributed by atoms with Gasteiger partial charge in [0, 0.05) is 17.7 Å². The molecule has 0 fully saturated rings. The summed E-state index contributed by atoms with van der Waals surface area (Å²) >= 11 is 1.61. The minimum absolute atomic E-state index is 0.145. The summed E-state index contributed by atoms with van der Waals surface area (Å²) in [5, 5.41) is 5.93. The molecular formula is C21H21N3O2S. The molecule has 2 aromatic heterocycles. The maximum absolute atomic E-state index is 12.1. The molecule has 0 saturated carbocycles. The van der Waals surface area contributed by atoms with Crippen molar-refractivity contribution in [3.8, 4) is 5.75 Å². The SMILES string of the molecule is Cc1nc(COc2ccc(/C=C/C(=O)NC(C)c3ccccn3)cc2)cs1. The Kier molecular flexibility index (Phi) is 6.33. The van der Waals surface area contributed by atoms with Gasteiger partial charge in [0.15, 0.2) is 0 Å². The molecule has 0 aliphatic rings. The molecule has 3 rings (SSSR count). The lowest BCUT2D eigenvalue weighted by Gasteiger charge is -2.11. The highest BCUT2D eigenvalue weighted by molar-refractivity contribution is 7.09. The fraction of sp³-hybridized carbons (Fsp3) is 0.190. The predicted octanol–water partition coefficient (Wildman–Crippen LogP) is 4.32. The average molecular weight is 379 g/mol. The zero-order chi connectivity index (χ0) is 19.1. The Bertz CT molecular complexity index is 905. The predicted molar refractivity (Wildman–Crippen MR) is 107 cm³/mol. The Morgan fingerprint density at radius 1 is 1.26 bits per heavy atom. The smallest absolute Gasteiger partial charge is 0.244 e. The molecule has 3 aromatic rings. The van der Waals surface area contributed by atoms with Crippen molar-refractivity contribution in [2.45, 2.75) is 26.5 Å². The summed E-state index contributed by atoms with van der Waals surface area (Å²) in [5.74, 6) is 0.610. The number of pyridine rings is 1. The third kappa shape index (κ3) is 5.76. The van der Waals surface area contributed by atoms with E-state index in [1.807, 2.05) is 61.7 Å². The van der Waals surface area contributed by atoms with Gasteiger partial charge in [-0.05, 0) is 49.8 Å². The van der Waals surface area contributed by atoms with Crippen molar-refractivity contribution in [3.05, 3.63) is 82.1 Å². The molecule has 6 heteroatoms. The Balaban J connectivity index is 1.50. The van der Waals surface area contributed by atoms with E-state index in [2.05, 4.69) is 15.3 Å². The second-order valence-corrected chi connectivity index (χ2v) is 7.10. The van der Waals surface area contributed by atoms with Crippen molar-refractivity contribution < 1.29 is 9.53 Å². The summed E-state index contributed by atoms with van der Waals surface area (Å²) < 4.78 is 5.72. The standard InChI is InChI=1S/C21H21N3O2S/c1-15(20-5-3-4-12-22-20)23-21(25)11-8-17-6-9-19(10-7-17)26-13-18-14-27-16(2)24-18/h3-12,14-15H,13H2,1-2H3,(H,23,25)/b11-8+. The number of aryl methyl sites for hydroxylation is 1. The van der Waals surface area contributed by atoms with Crippen LogP contribution in [-0.2, 0) is 11.4 Å². The van der Waals surface area contributed by atoms with Gasteiger partial charge < -0.3 is 10.1 Å². The minimum atomic E-state index is -0.160. The van der Waals surface area contributed by atoms with Crippen LogP contribution in [0, 0.1) is 6.92 Å². The second-order valence-electron chi connectivity index (χ2n) is 6.03. The van der Waals surface area contributed by atoms with Gasteiger partial charge in [0.05, 0.1) is 22.4 Å². The molecule has 27 heavy (non-hydrogen) atoms. The number of hydrogen-bond donors (Lipinski definition) is 1. The van der Waals surface area contributed by atoms with Crippen molar-refractivity contribution in [1.82, 2.24) is 15.3 Å². The van der Waals surface area contributed by atoms with Gasteiger partial charge in [-0.2, -0.15) is 0 Å². The zero-order valence-electron chi connectivity index (χ0n) is 15.3. The fourth-order valence-corrected chi connectivity index (χ4v) is 3.04. The molecule has 1 atom stereocenters. The van der Waals surface area contributed by atoms with Crippen molar-refractivity contribution in [1.29, 1.82) is 0 Å². The number of hydrogen-bond acceptors (Lipinski definition) is 5. The normalized spacial score (nSPS) is 12.1. The number of rotatable bonds is 7. The average Bonchev–Trinajstić information content (AvgIpc) is 3.11. The van der Waals surface area contributed by atoms with E-state index in [9.17, 15) is 4.79 Å². The molecule has 1 amide bonds. The Labute approximate surface area is 162 Å². The van der Waals surface area contributed by atoms with Crippen LogP contribution < -0.4 is 10.1 Å². The van der Waals surface area contributed by atoms with Crippen LogP contribution in [0.4, 0.5) is 0 Å². The van der Waals surface area contributed by atoms with Gasteiger partial charge in [-0.25, -0.2) is 4.98 Å². The highest BCUT2D eigenvalue weighted by atomic mass is 32.1. The Morgan fingerprint density at radius 3 is 2.74 bits per heavy atom.